The Labute approximate surface area is 174 Å². The van der Waals surface area contributed by atoms with Gasteiger partial charge < -0.3 is 19.5 Å². The highest BCUT2D eigenvalue weighted by atomic mass is 16.5. The highest BCUT2D eigenvalue weighted by molar-refractivity contribution is 5.81. The molecule has 5 heteroatoms. The van der Waals surface area contributed by atoms with Gasteiger partial charge in [0.25, 0.3) is 5.91 Å². The predicted molar refractivity (Wildman–Crippen MR) is 116 cm³/mol. The molecule has 0 aromatic heterocycles. The SMILES string of the molecule is CC[C@@H](Oc1ccc(OC)cc1)C(=O)N[C@H](C)c1cc(C(C)C)c(OC)cc1C. The van der Waals surface area contributed by atoms with Gasteiger partial charge in [-0.1, -0.05) is 20.8 Å². The van der Waals surface area contributed by atoms with Gasteiger partial charge in [-0.05, 0) is 79.3 Å². The van der Waals surface area contributed by atoms with Gasteiger partial charge in [-0.25, -0.2) is 0 Å². The van der Waals surface area contributed by atoms with Crippen LogP contribution in [0.3, 0.4) is 0 Å². The summed E-state index contributed by atoms with van der Waals surface area (Å²) in [6.07, 6.45) is 0.0117. The highest BCUT2D eigenvalue weighted by Crippen LogP contribution is 2.32. The summed E-state index contributed by atoms with van der Waals surface area (Å²) in [6.45, 7) is 10.2. The van der Waals surface area contributed by atoms with Crippen LogP contribution in [0.25, 0.3) is 0 Å². The van der Waals surface area contributed by atoms with Crippen molar-refractivity contribution >= 4 is 5.91 Å². The van der Waals surface area contributed by atoms with Crippen LogP contribution in [0.2, 0.25) is 0 Å². The van der Waals surface area contributed by atoms with Crippen LogP contribution in [0, 0.1) is 6.92 Å². The summed E-state index contributed by atoms with van der Waals surface area (Å²) in [5, 5.41) is 3.11. The molecule has 0 aliphatic rings. The fourth-order valence-corrected chi connectivity index (χ4v) is 3.34. The number of hydrogen-bond acceptors (Lipinski definition) is 4. The number of aryl methyl sites for hydroxylation is 1. The first-order valence-corrected chi connectivity index (χ1v) is 10.1. The van der Waals surface area contributed by atoms with E-state index in [0.29, 0.717) is 18.1 Å². The van der Waals surface area contributed by atoms with E-state index in [9.17, 15) is 4.79 Å². The molecule has 0 bridgehead atoms. The number of rotatable bonds is 9. The minimum absolute atomic E-state index is 0.128. The zero-order valence-corrected chi connectivity index (χ0v) is 18.5. The van der Waals surface area contributed by atoms with Crippen LogP contribution in [-0.4, -0.2) is 26.2 Å². The van der Waals surface area contributed by atoms with E-state index in [0.717, 1.165) is 28.2 Å². The molecule has 0 aliphatic carbocycles. The molecule has 29 heavy (non-hydrogen) atoms. The summed E-state index contributed by atoms with van der Waals surface area (Å²) in [4.78, 5) is 12.9. The Hall–Kier alpha value is -2.69. The molecule has 2 rings (SSSR count). The third kappa shape index (κ3) is 5.66. The second kappa shape index (κ2) is 10.2. The molecule has 0 unspecified atom stereocenters. The van der Waals surface area contributed by atoms with E-state index in [1.54, 1.807) is 26.4 Å². The lowest BCUT2D eigenvalue weighted by atomic mass is 9.93. The van der Waals surface area contributed by atoms with Crippen LogP contribution >= 0.6 is 0 Å². The normalized spacial score (nSPS) is 13.0. The molecule has 0 saturated heterocycles. The van der Waals surface area contributed by atoms with Gasteiger partial charge in [-0.15, -0.1) is 0 Å². The zero-order valence-electron chi connectivity index (χ0n) is 18.5. The molecule has 5 nitrogen and oxygen atoms in total. The van der Waals surface area contributed by atoms with E-state index in [4.69, 9.17) is 14.2 Å². The van der Waals surface area contributed by atoms with Crippen LogP contribution in [0.4, 0.5) is 0 Å². The number of benzene rings is 2. The molecule has 0 spiro atoms. The number of carbonyl (C=O) groups is 1. The highest BCUT2D eigenvalue weighted by Gasteiger charge is 2.22. The first-order chi connectivity index (χ1) is 13.8. The fraction of sp³-hybridized carbons (Fsp3) is 0.458. The van der Waals surface area contributed by atoms with E-state index >= 15 is 0 Å². The van der Waals surface area contributed by atoms with Gasteiger partial charge in [0.05, 0.1) is 20.3 Å². The maximum absolute atomic E-state index is 12.9. The smallest absolute Gasteiger partial charge is 0.261 e. The topological polar surface area (TPSA) is 56.8 Å². The van der Waals surface area contributed by atoms with Crippen molar-refractivity contribution in [2.24, 2.45) is 0 Å². The summed E-state index contributed by atoms with van der Waals surface area (Å²) in [5.74, 6) is 2.47. The number of amides is 1. The van der Waals surface area contributed by atoms with E-state index < -0.39 is 6.10 Å². The Morgan fingerprint density at radius 2 is 1.59 bits per heavy atom. The largest absolute Gasteiger partial charge is 0.497 e. The van der Waals surface area contributed by atoms with E-state index in [-0.39, 0.29) is 11.9 Å². The zero-order chi connectivity index (χ0) is 21.6. The monoisotopic (exact) mass is 399 g/mol. The van der Waals surface area contributed by atoms with Gasteiger partial charge >= 0.3 is 0 Å². The second-order valence-corrected chi connectivity index (χ2v) is 7.53. The molecule has 1 amide bonds. The minimum Gasteiger partial charge on any atom is -0.497 e. The van der Waals surface area contributed by atoms with E-state index in [1.165, 1.54) is 0 Å². The van der Waals surface area contributed by atoms with Gasteiger partial charge in [-0.2, -0.15) is 0 Å². The van der Waals surface area contributed by atoms with Crippen molar-refractivity contribution in [3.63, 3.8) is 0 Å². The molecule has 0 aliphatic heterocycles. The average Bonchev–Trinajstić information content (AvgIpc) is 2.71. The minimum atomic E-state index is -0.561. The Balaban J connectivity index is 2.14. The van der Waals surface area contributed by atoms with Crippen LogP contribution in [-0.2, 0) is 4.79 Å². The van der Waals surface area contributed by atoms with Crippen LogP contribution in [0.1, 0.15) is 62.8 Å². The van der Waals surface area contributed by atoms with Crippen molar-refractivity contribution in [2.45, 2.75) is 59.1 Å². The lowest BCUT2D eigenvalue weighted by Crippen LogP contribution is -2.39. The molecule has 2 atom stereocenters. The van der Waals surface area contributed by atoms with E-state index in [2.05, 4.69) is 25.2 Å². The third-order valence-electron chi connectivity index (χ3n) is 5.07. The number of hydrogen-bond donors (Lipinski definition) is 1. The van der Waals surface area contributed by atoms with Crippen molar-refractivity contribution in [2.75, 3.05) is 14.2 Å². The summed E-state index contributed by atoms with van der Waals surface area (Å²) in [5.41, 5.74) is 3.31. The molecule has 0 heterocycles. The maximum Gasteiger partial charge on any atom is 0.261 e. The first kappa shape index (κ1) is 22.6. The molecule has 158 valence electrons. The summed E-state index contributed by atoms with van der Waals surface area (Å²) in [7, 11) is 3.30. The van der Waals surface area contributed by atoms with Gasteiger partial charge in [0.15, 0.2) is 6.10 Å². The number of methoxy groups -OCH3 is 2. The lowest BCUT2D eigenvalue weighted by Gasteiger charge is -2.23. The quantitative estimate of drug-likeness (QED) is 0.632. The molecule has 0 radical (unpaired) electrons. The molecular formula is C24H33NO4. The molecule has 2 aromatic rings. The van der Waals surface area contributed by atoms with Gasteiger partial charge in [0, 0.05) is 0 Å². The Kier molecular flexibility index (Phi) is 7.94. The Morgan fingerprint density at radius 1 is 0.966 bits per heavy atom. The fourth-order valence-electron chi connectivity index (χ4n) is 3.34. The summed E-state index contributed by atoms with van der Waals surface area (Å²) < 4.78 is 16.6. The van der Waals surface area contributed by atoms with Gasteiger partial charge in [0.1, 0.15) is 17.2 Å². The number of nitrogens with one attached hydrogen (secondary N) is 1. The summed E-state index contributed by atoms with van der Waals surface area (Å²) in [6, 6.07) is 11.3. The van der Waals surface area contributed by atoms with Crippen molar-refractivity contribution in [3.8, 4) is 17.2 Å². The van der Waals surface area contributed by atoms with Gasteiger partial charge in [-0.3, -0.25) is 4.79 Å². The molecule has 1 N–H and O–H groups in total. The molecule has 0 saturated carbocycles. The number of carbonyl (C=O) groups excluding carboxylic acids is 1. The van der Waals surface area contributed by atoms with Crippen LogP contribution in [0.15, 0.2) is 36.4 Å². The Bertz CT molecular complexity index is 814. The maximum atomic E-state index is 12.9. The average molecular weight is 400 g/mol. The standard InChI is InChI=1S/C24H33NO4/c1-8-22(29-19-11-9-18(27-6)10-12-19)24(26)25-17(5)21-14-20(15(2)3)23(28-7)13-16(21)4/h9-15,17,22H,8H2,1-7H3,(H,25,26)/t17-,22-/m1/s1. The number of ether oxygens (including phenoxy) is 3. The second-order valence-electron chi connectivity index (χ2n) is 7.53. The van der Waals surface area contributed by atoms with E-state index in [1.807, 2.05) is 39.0 Å². The lowest BCUT2D eigenvalue weighted by molar-refractivity contribution is -0.128. The van der Waals surface area contributed by atoms with Crippen molar-refractivity contribution in [1.29, 1.82) is 0 Å². The predicted octanol–water partition coefficient (Wildman–Crippen LogP) is 5.17. The van der Waals surface area contributed by atoms with Crippen molar-refractivity contribution < 1.29 is 19.0 Å². The van der Waals surface area contributed by atoms with Crippen LogP contribution in [0.5, 0.6) is 17.2 Å². The molecular weight excluding hydrogens is 366 g/mol. The van der Waals surface area contributed by atoms with Gasteiger partial charge in [0.2, 0.25) is 0 Å². The third-order valence-corrected chi connectivity index (χ3v) is 5.07. The van der Waals surface area contributed by atoms with Crippen molar-refractivity contribution in [1.82, 2.24) is 5.32 Å². The molecule has 2 aromatic carbocycles. The molecule has 0 fully saturated rings. The Morgan fingerprint density at radius 3 is 2.10 bits per heavy atom. The van der Waals surface area contributed by atoms with Crippen LogP contribution < -0.4 is 19.5 Å². The first-order valence-electron chi connectivity index (χ1n) is 10.1. The summed E-state index contributed by atoms with van der Waals surface area (Å²) >= 11 is 0. The van der Waals surface area contributed by atoms with Crippen molar-refractivity contribution in [3.05, 3.63) is 53.1 Å².